The Kier molecular flexibility index (Phi) is 3.78. The molecule has 20 heavy (non-hydrogen) atoms. The number of rotatable bonds is 4. The van der Waals surface area contributed by atoms with Gasteiger partial charge < -0.3 is 5.11 Å². The van der Waals surface area contributed by atoms with Crippen molar-refractivity contribution >= 4 is 27.5 Å². The van der Waals surface area contributed by atoms with E-state index in [1.54, 1.807) is 6.07 Å². The van der Waals surface area contributed by atoms with Gasteiger partial charge in [0.25, 0.3) is 0 Å². The Labute approximate surface area is 122 Å². The largest absolute Gasteiger partial charge is 0.477 e. The fourth-order valence-electron chi connectivity index (χ4n) is 3.09. The first-order chi connectivity index (χ1) is 9.70. The van der Waals surface area contributed by atoms with E-state index in [1.165, 1.54) is 43.4 Å². The van der Waals surface area contributed by atoms with Crippen LogP contribution in [-0.2, 0) is 6.42 Å². The fraction of sp³-hybridized carbons (Fsp3) is 0.600. The van der Waals surface area contributed by atoms with Crippen LogP contribution in [0.4, 0.5) is 0 Å². The van der Waals surface area contributed by atoms with E-state index in [0.29, 0.717) is 10.9 Å². The normalized spacial score (nSPS) is 16.9. The van der Waals surface area contributed by atoms with Crippen molar-refractivity contribution in [2.45, 2.75) is 57.9 Å². The number of aromatic carboxylic acids is 1. The van der Waals surface area contributed by atoms with Crippen LogP contribution in [0.25, 0.3) is 10.2 Å². The van der Waals surface area contributed by atoms with Crippen LogP contribution in [0.1, 0.15) is 66.9 Å². The molecule has 1 saturated carbocycles. The summed E-state index contributed by atoms with van der Waals surface area (Å²) in [4.78, 5) is 12.7. The molecule has 5 heteroatoms. The summed E-state index contributed by atoms with van der Waals surface area (Å²) < 4.78 is 2.12. The Balaban J connectivity index is 2.07. The summed E-state index contributed by atoms with van der Waals surface area (Å²) in [5.74, 6) is -0.830. The highest BCUT2D eigenvalue weighted by atomic mass is 32.1. The molecule has 0 spiro atoms. The predicted molar refractivity (Wildman–Crippen MR) is 80.7 cm³/mol. The molecule has 1 N–H and O–H groups in total. The van der Waals surface area contributed by atoms with Gasteiger partial charge in [-0.1, -0.05) is 32.6 Å². The van der Waals surface area contributed by atoms with Gasteiger partial charge in [-0.05, 0) is 25.3 Å². The molecule has 1 fully saturated rings. The molecule has 0 radical (unpaired) electrons. The van der Waals surface area contributed by atoms with E-state index in [1.807, 2.05) is 0 Å². The minimum atomic E-state index is -0.830. The van der Waals surface area contributed by atoms with Crippen LogP contribution < -0.4 is 0 Å². The summed E-state index contributed by atoms with van der Waals surface area (Å²) in [5.41, 5.74) is 1.07. The topological polar surface area (TPSA) is 55.1 Å². The molecule has 0 atom stereocenters. The van der Waals surface area contributed by atoms with E-state index < -0.39 is 5.97 Å². The lowest BCUT2D eigenvalue weighted by atomic mass is 9.96. The van der Waals surface area contributed by atoms with Crippen molar-refractivity contribution in [3.63, 3.8) is 0 Å². The van der Waals surface area contributed by atoms with Gasteiger partial charge in [-0.2, -0.15) is 5.10 Å². The highest BCUT2D eigenvalue weighted by Crippen LogP contribution is 2.35. The van der Waals surface area contributed by atoms with Crippen LogP contribution in [0.2, 0.25) is 0 Å². The monoisotopic (exact) mass is 292 g/mol. The molecule has 0 aromatic carbocycles. The van der Waals surface area contributed by atoms with Crippen molar-refractivity contribution in [1.82, 2.24) is 9.78 Å². The maximum atomic E-state index is 11.2. The molecule has 108 valence electrons. The van der Waals surface area contributed by atoms with Crippen LogP contribution in [0, 0.1) is 0 Å². The van der Waals surface area contributed by atoms with E-state index in [4.69, 9.17) is 5.10 Å². The van der Waals surface area contributed by atoms with Gasteiger partial charge in [0.1, 0.15) is 9.71 Å². The Bertz CT molecular complexity index is 623. The first-order valence-electron chi connectivity index (χ1n) is 7.45. The number of thiophene rings is 1. The van der Waals surface area contributed by atoms with Gasteiger partial charge >= 0.3 is 5.97 Å². The Hall–Kier alpha value is -1.36. The molecule has 0 aliphatic heterocycles. The molecule has 0 unspecified atom stereocenters. The van der Waals surface area contributed by atoms with Crippen molar-refractivity contribution in [3.8, 4) is 0 Å². The molecular weight excluding hydrogens is 272 g/mol. The zero-order valence-electron chi connectivity index (χ0n) is 11.8. The average Bonchev–Trinajstić information content (AvgIpc) is 3.01. The summed E-state index contributed by atoms with van der Waals surface area (Å²) in [6, 6.07) is 2.26. The van der Waals surface area contributed by atoms with Crippen LogP contribution in [0.3, 0.4) is 0 Å². The second kappa shape index (κ2) is 5.56. The van der Waals surface area contributed by atoms with Crippen LogP contribution in [0.15, 0.2) is 6.07 Å². The van der Waals surface area contributed by atoms with Crippen LogP contribution >= 0.6 is 11.3 Å². The lowest BCUT2D eigenvalue weighted by Crippen LogP contribution is -2.13. The van der Waals surface area contributed by atoms with Gasteiger partial charge in [-0.25, -0.2) is 4.79 Å². The standard InChI is InChI=1S/C15H20N2O2S/c1-2-6-12-11-9-13(15(18)19)20-14(11)17(16-12)10-7-4-3-5-8-10/h9-10H,2-8H2,1H3,(H,18,19). The van der Waals surface area contributed by atoms with E-state index in [9.17, 15) is 9.90 Å². The zero-order valence-corrected chi connectivity index (χ0v) is 12.6. The van der Waals surface area contributed by atoms with Gasteiger partial charge in [0, 0.05) is 5.39 Å². The van der Waals surface area contributed by atoms with Crippen LogP contribution in [0.5, 0.6) is 0 Å². The highest BCUT2D eigenvalue weighted by molar-refractivity contribution is 7.20. The van der Waals surface area contributed by atoms with E-state index in [-0.39, 0.29) is 0 Å². The number of carboxylic acids is 1. The molecule has 4 nitrogen and oxygen atoms in total. The number of aromatic nitrogens is 2. The van der Waals surface area contributed by atoms with Crippen molar-refractivity contribution in [2.24, 2.45) is 0 Å². The van der Waals surface area contributed by atoms with Gasteiger partial charge in [0.2, 0.25) is 0 Å². The number of hydrogen-bond donors (Lipinski definition) is 1. The lowest BCUT2D eigenvalue weighted by molar-refractivity contribution is 0.0702. The Morgan fingerprint density at radius 2 is 2.20 bits per heavy atom. The predicted octanol–water partition coefficient (Wildman–Crippen LogP) is 4.25. The van der Waals surface area contributed by atoms with Crippen LogP contribution in [-0.4, -0.2) is 20.9 Å². The number of aryl methyl sites for hydroxylation is 1. The van der Waals surface area contributed by atoms with Gasteiger partial charge in [0.05, 0.1) is 11.7 Å². The minimum Gasteiger partial charge on any atom is -0.477 e. The third kappa shape index (κ3) is 2.35. The molecule has 2 aromatic rings. The number of carboxylic acid groups (broad SMARTS) is 1. The third-order valence-corrected chi connectivity index (χ3v) is 5.19. The Morgan fingerprint density at radius 3 is 2.85 bits per heavy atom. The number of fused-ring (bicyclic) bond motifs is 1. The van der Waals surface area contributed by atoms with Crippen molar-refractivity contribution in [1.29, 1.82) is 0 Å². The first-order valence-corrected chi connectivity index (χ1v) is 8.26. The number of nitrogens with zero attached hydrogens (tertiary/aromatic N) is 2. The number of carbonyl (C=O) groups is 1. The summed E-state index contributed by atoms with van der Waals surface area (Å²) in [6.07, 6.45) is 8.12. The van der Waals surface area contributed by atoms with E-state index in [2.05, 4.69) is 11.6 Å². The molecule has 3 rings (SSSR count). The molecule has 0 bridgehead atoms. The van der Waals surface area contributed by atoms with E-state index >= 15 is 0 Å². The summed E-state index contributed by atoms with van der Waals surface area (Å²) in [7, 11) is 0. The lowest BCUT2D eigenvalue weighted by Gasteiger charge is -2.22. The highest BCUT2D eigenvalue weighted by Gasteiger charge is 2.23. The fourth-order valence-corrected chi connectivity index (χ4v) is 4.13. The van der Waals surface area contributed by atoms with Gasteiger partial charge in [-0.3, -0.25) is 4.68 Å². The molecule has 2 heterocycles. The first kappa shape index (κ1) is 13.6. The molecule has 0 saturated heterocycles. The molecule has 1 aliphatic rings. The van der Waals surface area contributed by atoms with Crippen molar-refractivity contribution < 1.29 is 9.90 Å². The number of hydrogen-bond acceptors (Lipinski definition) is 3. The summed E-state index contributed by atoms with van der Waals surface area (Å²) in [5, 5.41) is 15.1. The van der Waals surface area contributed by atoms with E-state index in [0.717, 1.165) is 28.8 Å². The minimum absolute atomic E-state index is 0.430. The van der Waals surface area contributed by atoms with Gasteiger partial charge in [0.15, 0.2) is 0 Å². The maximum absolute atomic E-state index is 11.2. The summed E-state index contributed by atoms with van der Waals surface area (Å²) >= 11 is 1.37. The maximum Gasteiger partial charge on any atom is 0.345 e. The second-order valence-electron chi connectivity index (χ2n) is 5.57. The smallest absolute Gasteiger partial charge is 0.345 e. The zero-order chi connectivity index (χ0) is 14.1. The SMILES string of the molecule is CCCc1nn(C2CCCCC2)c2sc(C(=O)O)cc12. The Morgan fingerprint density at radius 1 is 1.45 bits per heavy atom. The second-order valence-corrected chi connectivity index (χ2v) is 6.60. The average molecular weight is 292 g/mol. The quantitative estimate of drug-likeness (QED) is 0.916. The molecule has 0 amide bonds. The van der Waals surface area contributed by atoms with Gasteiger partial charge in [-0.15, -0.1) is 11.3 Å². The molecule has 1 aliphatic carbocycles. The molecule has 2 aromatic heterocycles. The summed E-state index contributed by atoms with van der Waals surface area (Å²) in [6.45, 7) is 2.13. The van der Waals surface area contributed by atoms with Crippen molar-refractivity contribution in [2.75, 3.05) is 0 Å². The van der Waals surface area contributed by atoms with Crippen molar-refractivity contribution in [3.05, 3.63) is 16.6 Å². The molecular formula is C15H20N2O2S. The third-order valence-electron chi connectivity index (χ3n) is 4.08.